The third-order valence-electron chi connectivity index (χ3n) is 4.20. The van der Waals surface area contributed by atoms with Gasteiger partial charge >= 0.3 is 5.97 Å². The highest BCUT2D eigenvalue weighted by atomic mass is 35.5. The number of halogens is 2. The lowest BCUT2D eigenvalue weighted by molar-refractivity contribution is -0.142. The molecule has 0 saturated carbocycles. The number of hydrogen-bond acceptors (Lipinski definition) is 8. The van der Waals surface area contributed by atoms with Gasteiger partial charge in [-0.1, -0.05) is 29.3 Å². The van der Waals surface area contributed by atoms with Crippen LogP contribution in [0.25, 0.3) is 0 Å². The molecule has 0 amide bonds. The molecule has 0 spiro atoms. The van der Waals surface area contributed by atoms with Crippen molar-refractivity contribution >= 4 is 51.9 Å². The van der Waals surface area contributed by atoms with Crippen molar-refractivity contribution in [2.75, 3.05) is 18.6 Å². The first kappa shape index (κ1) is 24.8. The molecule has 0 bridgehead atoms. The Hall–Kier alpha value is -2.81. The van der Waals surface area contributed by atoms with Crippen LogP contribution < -0.4 is 14.9 Å². The Morgan fingerprint density at radius 1 is 1.09 bits per heavy atom. The van der Waals surface area contributed by atoms with E-state index >= 15 is 0 Å². The van der Waals surface area contributed by atoms with Crippen LogP contribution in [0.5, 0.6) is 11.5 Å². The monoisotopic (exact) mass is 507 g/mol. The first-order chi connectivity index (χ1) is 16.0. The Morgan fingerprint density at radius 2 is 1.94 bits per heavy atom. The summed E-state index contributed by atoms with van der Waals surface area (Å²) in [6, 6.07) is 10.9. The molecule has 1 N–H and O–H groups in total. The molecule has 2 aromatic carbocycles. The predicted molar refractivity (Wildman–Crippen MR) is 132 cm³/mol. The van der Waals surface area contributed by atoms with Gasteiger partial charge in [-0.25, -0.2) is 4.98 Å². The molecule has 33 heavy (non-hydrogen) atoms. The molecule has 1 heterocycles. The Morgan fingerprint density at radius 3 is 2.70 bits per heavy atom. The fourth-order valence-corrected chi connectivity index (χ4v) is 3.72. The number of aromatic nitrogens is 1. The van der Waals surface area contributed by atoms with E-state index in [9.17, 15) is 4.79 Å². The number of carbonyl (C=O) groups is 1. The molecule has 174 valence electrons. The van der Waals surface area contributed by atoms with E-state index in [1.807, 2.05) is 31.2 Å². The fourth-order valence-electron chi connectivity index (χ4n) is 2.74. The van der Waals surface area contributed by atoms with Crippen molar-refractivity contribution in [3.05, 3.63) is 68.6 Å². The van der Waals surface area contributed by atoms with Crippen LogP contribution in [-0.2, 0) is 22.6 Å². The van der Waals surface area contributed by atoms with E-state index < -0.39 is 0 Å². The molecule has 0 fully saturated rings. The molecule has 10 heteroatoms. The molecule has 0 saturated heterocycles. The normalized spacial score (nSPS) is 10.9. The number of rotatable bonds is 11. The highest BCUT2D eigenvalue weighted by molar-refractivity contribution is 7.13. The molecule has 0 atom stereocenters. The van der Waals surface area contributed by atoms with Gasteiger partial charge in [0.15, 0.2) is 11.5 Å². The van der Waals surface area contributed by atoms with Gasteiger partial charge in [-0.2, -0.15) is 5.10 Å². The van der Waals surface area contributed by atoms with Crippen LogP contribution in [0.4, 0.5) is 5.13 Å². The third kappa shape index (κ3) is 7.63. The fraction of sp³-hybridized carbons (Fsp3) is 0.261. The number of thiazole rings is 1. The van der Waals surface area contributed by atoms with Gasteiger partial charge < -0.3 is 14.2 Å². The van der Waals surface area contributed by atoms with Crippen LogP contribution in [0, 0.1) is 0 Å². The molecule has 0 aliphatic carbocycles. The summed E-state index contributed by atoms with van der Waals surface area (Å²) in [7, 11) is 0. The minimum atomic E-state index is -0.303. The van der Waals surface area contributed by atoms with Crippen molar-refractivity contribution in [1.82, 2.24) is 4.98 Å². The van der Waals surface area contributed by atoms with E-state index in [0.717, 1.165) is 11.1 Å². The van der Waals surface area contributed by atoms with Gasteiger partial charge in [-0.05, 0) is 55.3 Å². The largest absolute Gasteiger partial charge is 0.490 e. The van der Waals surface area contributed by atoms with E-state index in [1.165, 1.54) is 11.3 Å². The van der Waals surface area contributed by atoms with Crippen LogP contribution in [0.1, 0.15) is 30.7 Å². The average molecular weight is 508 g/mol. The van der Waals surface area contributed by atoms with Crippen LogP contribution in [-0.4, -0.2) is 30.4 Å². The number of anilines is 1. The molecule has 3 rings (SSSR count). The number of carbonyl (C=O) groups excluding carboxylic acids is 1. The summed E-state index contributed by atoms with van der Waals surface area (Å²) in [6.07, 6.45) is 1.79. The zero-order valence-corrected chi connectivity index (χ0v) is 20.5. The Balaban J connectivity index is 1.61. The second-order valence-corrected chi connectivity index (χ2v) is 8.34. The van der Waals surface area contributed by atoms with Crippen molar-refractivity contribution in [2.24, 2.45) is 5.10 Å². The van der Waals surface area contributed by atoms with Gasteiger partial charge in [-0.15, -0.1) is 11.3 Å². The predicted octanol–water partition coefficient (Wildman–Crippen LogP) is 5.98. The number of benzene rings is 2. The number of ether oxygens (including phenoxy) is 3. The van der Waals surface area contributed by atoms with Gasteiger partial charge in [0.1, 0.15) is 6.61 Å². The summed E-state index contributed by atoms with van der Waals surface area (Å²) in [4.78, 5) is 15.9. The van der Waals surface area contributed by atoms with Crippen molar-refractivity contribution < 1.29 is 19.0 Å². The molecule has 0 aliphatic heterocycles. The van der Waals surface area contributed by atoms with E-state index in [0.29, 0.717) is 52.2 Å². The minimum absolute atomic E-state index is 0.136. The standard InChI is InChI=1S/C23H23Cl2N3O4S/c1-3-30-21-10-15(6-8-20(21)32-13-16-5-7-18(24)19(25)9-16)12-26-28-23-27-17(14-33-23)11-22(29)31-4-2/h5-10,12,14H,3-4,11,13H2,1-2H3,(H,27,28). The highest BCUT2D eigenvalue weighted by Crippen LogP contribution is 2.30. The summed E-state index contributed by atoms with van der Waals surface area (Å²) in [6.45, 7) is 4.84. The second kappa shape index (κ2) is 12.4. The maximum Gasteiger partial charge on any atom is 0.311 e. The van der Waals surface area contributed by atoms with Crippen LogP contribution in [0.3, 0.4) is 0 Å². The molecule has 0 aliphatic rings. The smallest absolute Gasteiger partial charge is 0.311 e. The lowest BCUT2D eigenvalue weighted by Crippen LogP contribution is -2.07. The van der Waals surface area contributed by atoms with E-state index in [-0.39, 0.29) is 12.4 Å². The summed E-state index contributed by atoms with van der Waals surface area (Å²) in [5, 5.41) is 7.57. The van der Waals surface area contributed by atoms with E-state index in [2.05, 4.69) is 15.5 Å². The van der Waals surface area contributed by atoms with Crippen molar-refractivity contribution in [1.29, 1.82) is 0 Å². The first-order valence-electron chi connectivity index (χ1n) is 10.2. The highest BCUT2D eigenvalue weighted by Gasteiger charge is 2.09. The maximum atomic E-state index is 11.5. The number of esters is 1. The van der Waals surface area contributed by atoms with Crippen LogP contribution in [0.2, 0.25) is 10.0 Å². The Labute approximate surface area is 206 Å². The SMILES string of the molecule is CCOC(=O)Cc1csc(NN=Cc2ccc(OCc3ccc(Cl)c(Cl)c3)c(OCC)c2)n1. The van der Waals surface area contributed by atoms with Crippen LogP contribution >= 0.6 is 34.5 Å². The van der Waals surface area contributed by atoms with Crippen molar-refractivity contribution in [3.8, 4) is 11.5 Å². The summed E-state index contributed by atoms with van der Waals surface area (Å²) in [5.41, 5.74) is 5.22. The topological polar surface area (TPSA) is 82.0 Å². The number of nitrogens with one attached hydrogen (secondary N) is 1. The Kier molecular flexibility index (Phi) is 9.35. The maximum absolute atomic E-state index is 11.5. The molecule has 7 nitrogen and oxygen atoms in total. The van der Waals surface area contributed by atoms with Gasteiger partial charge in [0, 0.05) is 5.38 Å². The molecular formula is C23H23Cl2N3O4S. The summed E-state index contributed by atoms with van der Waals surface area (Å²) < 4.78 is 16.6. The zero-order chi connectivity index (χ0) is 23.6. The number of hydrazone groups is 1. The molecule has 0 unspecified atom stereocenters. The number of nitrogens with zero attached hydrogens (tertiary/aromatic N) is 2. The lowest BCUT2D eigenvalue weighted by atomic mass is 10.2. The third-order valence-corrected chi connectivity index (χ3v) is 5.74. The molecular weight excluding hydrogens is 485 g/mol. The van der Waals surface area contributed by atoms with Gasteiger partial charge in [0.2, 0.25) is 5.13 Å². The quantitative estimate of drug-likeness (QED) is 0.195. The number of hydrogen-bond donors (Lipinski definition) is 1. The van der Waals surface area contributed by atoms with E-state index in [1.54, 1.807) is 30.7 Å². The first-order valence-corrected chi connectivity index (χ1v) is 11.8. The summed E-state index contributed by atoms with van der Waals surface area (Å²) in [5.74, 6) is 0.909. The Bertz CT molecular complexity index is 1120. The van der Waals surface area contributed by atoms with Gasteiger partial charge in [0.25, 0.3) is 0 Å². The van der Waals surface area contributed by atoms with Gasteiger partial charge in [-0.3, -0.25) is 10.2 Å². The molecule has 3 aromatic rings. The minimum Gasteiger partial charge on any atom is -0.490 e. The average Bonchev–Trinajstić information content (AvgIpc) is 3.23. The van der Waals surface area contributed by atoms with Crippen molar-refractivity contribution in [2.45, 2.75) is 26.9 Å². The van der Waals surface area contributed by atoms with Gasteiger partial charge in [0.05, 0.1) is 41.6 Å². The lowest BCUT2D eigenvalue weighted by Gasteiger charge is -2.13. The molecule has 0 radical (unpaired) electrons. The second-order valence-electron chi connectivity index (χ2n) is 6.67. The summed E-state index contributed by atoms with van der Waals surface area (Å²) >= 11 is 13.4. The molecule has 1 aromatic heterocycles. The van der Waals surface area contributed by atoms with Crippen molar-refractivity contribution in [3.63, 3.8) is 0 Å². The van der Waals surface area contributed by atoms with Crippen LogP contribution in [0.15, 0.2) is 46.9 Å². The van der Waals surface area contributed by atoms with E-state index in [4.69, 9.17) is 37.4 Å². The zero-order valence-electron chi connectivity index (χ0n) is 18.1.